The van der Waals surface area contributed by atoms with Crippen molar-refractivity contribution in [2.24, 2.45) is 12.8 Å². The molecule has 0 radical (unpaired) electrons. The third-order valence-corrected chi connectivity index (χ3v) is 3.61. The summed E-state index contributed by atoms with van der Waals surface area (Å²) in [7, 11) is 1.68. The van der Waals surface area contributed by atoms with Crippen LogP contribution in [0.2, 0.25) is 0 Å². The molecule has 0 aliphatic carbocycles. The highest BCUT2D eigenvalue weighted by Crippen LogP contribution is 2.26. The molecule has 1 aromatic carbocycles. The second kappa shape index (κ2) is 4.68. The Labute approximate surface area is 115 Å². The fourth-order valence-corrected chi connectivity index (χ4v) is 2.44. The molecule has 1 unspecified atom stereocenters. The van der Waals surface area contributed by atoms with Crippen molar-refractivity contribution in [3.8, 4) is 0 Å². The summed E-state index contributed by atoms with van der Waals surface area (Å²) in [6, 6.07) is 7.16. The van der Waals surface area contributed by atoms with Crippen LogP contribution in [0.3, 0.4) is 0 Å². The molecule has 1 atom stereocenters. The molecule has 3 aromatic rings. The van der Waals surface area contributed by atoms with Crippen molar-refractivity contribution in [3.63, 3.8) is 0 Å². The Morgan fingerprint density at radius 2 is 2.15 bits per heavy atom. The average Bonchev–Trinajstić information content (AvgIpc) is 3.03. The molecule has 104 valence electrons. The van der Waals surface area contributed by atoms with Crippen molar-refractivity contribution in [1.82, 2.24) is 4.57 Å². The molecule has 20 heavy (non-hydrogen) atoms. The molecule has 2 heterocycles. The van der Waals surface area contributed by atoms with E-state index in [1.807, 2.05) is 31.2 Å². The van der Waals surface area contributed by atoms with Crippen LogP contribution in [0, 0.1) is 0 Å². The van der Waals surface area contributed by atoms with Gasteiger partial charge in [0.1, 0.15) is 5.76 Å². The highest BCUT2D eigenvalue weighted by atomic mass is 16.4. The molecule has 0 spiro atoms. The van der Waals surface area contributed by atoms with Gasteiger partial charge in [0, 0.05) is 19.0 Å². The molecule has 2 N–H and O–H groups in total. The highest BCUT2D eigenvalue weighted by molar-refractivity contribution is 5.74. The van der Waals surface area contributed by atoms with Gasteiger partial charge in [-0.2, -0.15) is 0 Å². The van der Waals surface area contributed by atoms with Gasteiger partial charge in [-0.3, -0.25) is 4.57 Å². The summed E-state index contributed by atoms with van der Waals surface area (Å²) in [6.45, 7) is 2.02. The van der Waals surface area contributed by atoms with Crippen LogP contribution in [-0.4, -0.2) is 4.57 Å². The molecule has 0 aliphatic heterocycles. The Hall–Kier alpha value is -2.27. The minimum absolute atomic E-state index is 0.293. The summed E-state index contributed by atoms with van der Waals surface area (Å²) in [6.07, 6.45) is 2.44. The van der Waals surface area contributed by atoms with Crippen LogP contribution < -0.4 is 11.5 Å². The van der Waals surface area contributed by atoms with Crippen molar-refractivity contribution in [2.45, 2.75) is 19.4 Å². The summed E-state index contributed by atoms with van der Waals surface area (Å²) in [4.78, 5) is 11.5. The molecule has 5 nitrogen and oxygen atoms in total. The standard InChI is InChI=1S/C15H16N2O3/c1-3-12-10(6-7-19-12)14(16)9-4-5-11-13(8-9)20-15(18)17(11)2/h4-8,14H,3,16H2,1-2H3. The van der Waals surface area contributed by atoms with Gasteiger partial charge in [0.2, 0.25) is 0 Å². The van der Waals surface area contributed by atoms with Crippen LogP contribution in [-0.2, 0) is 13.5 Å². The molecule has 0 fully saturated rings. The topological polar surface area (TPSA) is 74.3 Å². The lowest BCUT2D eigenvalue weighted by molar-refractivity contribution is 0.509. The van der Waals surface area contributed by atoms with Crippen LogP contribution in [0.5, 0.6) is 0 Å². The Morgan fingerprint density at radius 1 is 1.35 bits per heavy atom. The van der Waals surface area contributed by atoms with E-state index in [2.05, 4.69) is 0 Å². The zero-order valence-corrected chi connectivity index (χ0v) is 11.4. The van der Waals surface area contributed by atoms with E-state index in [4.69, 9.17) is 14.6 Å². The van der Waals surface area contributed by atoms with E-state index in [9.17, 15) is 4.79 Å². The van der Waals surface area contributed by atoms with Crippen molar-refractivity contribution < 1.29 is 8.83 Å². The quantitative estimate of drug-likeness (QED) is 0.794. The van der Waals surface area contributed by atoms with E-state index in [0.29, 0.717) is 5.58 Å². The molecule has 0 aliphatic rings. The van der Waals surface area contributed by atoms with E-state index in [1.54, 1.807) is 13.3 Å². The lowest BCUT2D eigenvalue weighted by atomic mass is 9.99. The maximum Gasteiger partial charge on any atom is 0.419 e. The van der Waals surface area contributed by atoms with Gasteiger partial charge in [0.15, 0.2) is 5.58 Å². The van der Waals surface area contributed by atoms with Crippen molar-refractivity contribution in [2.75, 3.05) is 0 Å². The molecule has 0 saturated heterocycles. The van der Waals surface area contributed by atoms with Gasteiger partial charge >= 0.3 is 5.76 Å². The van der Waals surface area contributed by atoms with Gasteiger partial charge in [0.05, 0.1) is 17.8 Å². The minimum atomic E-state index is -0.372. The number of benzene rings is 1. The van der Waals surface area contributed by atoms with E-state index in [0.717, 1.165) is 28.8 Å². The van der Waals surface area contributed by atoms with Crippen molar-refractivity contribution >= 4 is 11.1 Å². The van der Waals surface area contributed by atoms with E-state index in [-0.39, 0.29) is 11.8 Å². The van der Waals surface area contributed by atoms with Gasteiger partial charge in [-0.25, -0.2) is 4.79 Å². The van der Waals surface area contributed by atoms with Crippen molar-refractivity contribution in [3.05, 3.63) is 58.0 Å². The lowest BCUT2D eigenvalue weighted by Gasteiger charge is -2.11. The third-order valence-electron chi connectivity index (χ3n) is 3.61. The monoisotopic (exact) mass is 272 g/mol. The summed E-state index contributed by atoms with van der Waals surface area (Å²) in [5.74, 6) is 0.510. The number of aromatic nitrogens is 1. The zero-order chi connectivity index (χ0) is 14.3. The minimum Gasteiger partial charge on any atom is -0.469 e. The first-order chi connectivity index (χ1) is 9.61. The van der Waals surface area contributed by atoms with Gasteiger partial charge in [-0.05, 0) is 23.8 Å². The van der Waals surface area contributed by atoms with Crippen LogP contribution in [0.25, 0.3) is 11.1 Å². The van der Waals surface area contributed by atoms with Crippen LogP contribution in [0.1, 0.15) is 29.9 Å². The van der Waals surface area contributed by atoms with E-state index in [1.165, 1.54) is 4.57 Å². The zero-order valence-electron chi connectivity index (χ0n) is 11.4. The predicted octanol–water partition coefficient (Wildman–Crippen LogP) is 2.33. The SMILES string of the molecule is CCc1occc1C(N)c1ccc2c(c1)oc(=O)n2C. The number of nitrogens with zero attached hydrogens (tertiary/aromatic N) is 1. The fraction of sp³-hybridized carbons (Fsp3) is 0.267. The number of hydrogen-bond donors (Lipinski definition) is 1. The molecule has 0 amide bonds. The summed E-state index contributed by atoms with van der Waals surface area (Å²) < 4.78 is 12.1. The van der Waals surface area contributed by atoms with E-state index >= 15 is 0 Å². The van der Waals surface area contributed by atoms with Gasteiger partial charge < -0.3 is 14.6 Å². The maximum absolute atomic E-state index is 11.5. The summed E-state index contributed by atoms with van der Waals surface area (Å²) in [5.41, 5.74) is 9.45. The maximum atomic E-state index is 11.5. The molecule has 2 aromatic heterocycles. The molecule has 3 rings (SSSR count). The first-order valence-electron chi connectivity index (χ1n) is 6.53. The number of aryl methyl sites for hydroxylation is 2. The largest absolute Gasteiger partial charge is 0.469 e. The third kappa shape index (κ3) is 1.87. The number of furan rings is 1. The Balaban J connectivity index is 2.08. The second-order valence-electron chi connectivity index (χ2n) is 4.78. The number of rotatable bonds is 3. The Bertz CT molecular complexity index is 810. The Morgan fingerprint density at radius 3 is 2.90 bits per heavy atom. The van der Waals surface area contributed by atoms with E-state index < -0.39 is 0 Å². The van der Waals surface area contributed by atoms with Crippen LogP contribution in [0.4, 0.5) is 0 Å². The van der Waals surface area contributed by atoms with Gasteiger partial charge in [-0.15, -0.1) is 0 Å². The number of nitrogens with two attached hydrogens (primary N) is 1. The highest BCUT2D eigenvalue weighted by Gasteiger charge is 2.16. The fourth-order valence-electron chi connectivity index (χ4n) is 2.44. The normalized spacial score (nSPS) is 12.9. The predicted molar refractivity (Wildman–Crippen MR) is 75.6 cm³/mol. The summed E-state index contributed by atoms with van der Waals surface area (Å²) in [5, 5.41) is 0. The van der Waals surface area contributed by atoms with Gasteiger partial charge in [-0.1, -0.05) is 13.0 Å². The number of fused-ring (bicyclic) bond motifs is 1. The average molecular weight is 272 g/mol. The van der Waals surface area contributed by atoms with Gasteiger partial charge in [0.25, 0.3) is 0 Å². The second-order valence-corrected chi connectivity index (χ2v) is 4.78. The lowest BCUT2D eigenvalue weighted by Crippen LogP contribution is -2.12. The summed E-state index contributed by atoms with van der Waals surface area (Å²) >= 11 is 0. The smallest absolute Gasteiger partial charge is 0.419 e. The molecular formula is C15H16N2O3. The number of hydrogen-bond acceptors (Lipinski definition) is 4. The first kappa shape index (κ1) is 12.7. The first-order valence-corrected chi connectivity index (χ1v) is 6.53. The molecule has 0 bridgehead atoms. The van der Waals surface area contributed by atoms with Crippen LogP contribution >= 0.6 is 0 Å². The molecule has 5 heteroatoms. The van der Waals surface area contributed by atoms with Crippen molar-refractivity contribution in [1.29, 1.82) is 0 Å². The molecule has 0 saturated carbocycles. The number of oxazole rings is 1. The van der Waals surface area contributed by atoms with Crippen LogP contribution in [0.15, 0.2) is 44.2 Å². The molecular weight excluding hydrogens is 256 g/mol. The Kier molecular flexibility index (Phi) is 2.99.